The van der Waals surface area contributed by atoms with Gasteiger partial charge in [-0.3, -0.25) is 0 Å². The first-order chi connectivity index (χ1) is 9.20. The Kier molecular flexibility index (Phi) is 5.08. The zero-order chi connectivity index (χ0) is 13.7. The van der Waals surface area contributed by atoms with Gasteiger partial charge in [-0.25, -0.2) is 0 Å². The van der Waals surface area contributed by atoms with Gasteiger partial charge in [-0.2, -0.15) is 0 Å². The molecule has 1 unspecified atom stereocenters. The molecule has 0 spiro atoms. The van der Waals surface area contributed by atoms with Crippen LogP contribution in [0.3, 0.4) is 0 Å². The van der Waals surface area contributed by atoms with E-state index >= 15 is 0 Å². The van der Waals surface area contributed by atoms with Crippen LogP contribution in [0.1, 0.15) is 36.8 Å². The van der Waals surface area contributed by atoms with Crippen LogP contribution in [0.5, 0.6) is 11.5 Å². The molecule has 1 aromatic rings. The molecule has 1 heterocycles. The van der Waals surface area contributed by atoms with Crippen LogP contribution >= 0.6 is 0 Å². The van der Waals surface area contributed by atoms with Gasteiger partial charge in [0.15, 0.2) is 0 Å². The summed E-state index contributed by atoms with van der Waals surface area (Å²) < 4.78 is 11.1. The molecule has 0 saturated carbocycles. The van der Waals surface area contributed by atoms with Gasteiger partial charge < -0.3 is 14.8 Å². The maximum Gasteiger partial charge on any atom is 0.126 e. The van der Waals surface area contributed by atoms with Crippen LogP contribution in [-0.4, -0.2) is 26.3 Å². The van der Waals surface area contributed by atoms with Gasteiger partial charge in [0.25, 0.3) is 0 Å². The van der Waals surface area contributed by atoms with Crippen molar-refractivity contribution in [2.75, 3.05) is 20.3 Å². The van der Waals surface area contributed by atoms with E-state index in [0.29, 0.717) is 6.04 Å². The number of benzene rings is 1. The molecule has 0 amide bonds. The summed E-state index contributed by atoms with van der Waals surface area (Å²) in [4.78, 5) is 0. The van der Waals surface area contributed by atoms with E-state index in [1.807, 2.05) is 19.1 Å². The molecule has 1 atom stereocenters. The third-order valence-electron chi connectivity index (χ3n) is 3.77. The van der Waals surface area contributed by atoms with Crippen LogP contribution in [-0.2, 0) is 0 Å². The van der Waals surface area contributed by atoms with E-state index < -0.39 is 0 Å². The fourth-order valence-electron chi connectivity index (χ4n) is 2.51. The normalized spacial score (nSPS) is 19.2. The highest BCUT2D eigenvalue weighted by molar-refractivity contribution is 5.47. The van der Waals surface area contributed by atoms with Crippen LogP contribution in [0.2, 0.25) is 0 Å². The molecule has 1 N–H and O–H groups in total. The number of aryl methyl sites for hydroxylation is 1. The highest BCUT2D eigenvalue weighted by Crippen LogP contribution is 2.27. The Morgan fingerprint density at radius 1 is 1.37 bits per heavy atom. The molecule has 3 heteroatoms. The number of methoxy groups -OCH3 is 1. The Balaban J connectivity index is 1.86. The molecule has 2 rings (SSSR count). The number of hydrogen-bond acceptors (Lipinski definition) is 3. The van der Waals surface area contributed by atoms with Crippen LogP contribution in [0, 0.1) is 13.8 Å². The van der Waals surface area contributed by atoms with E-state index in [0.717, 1.165) is 42.2 Å². The van der Waals surface area contributed by atoms with Gasteiger partial charge in [-0.15, -0.1) is 0 Å². The standard InChI is InChI=1S/C16H24NO2/c1-12-10-15(11-16(18-3)13(12)2)19-9-7-14-6-4-5-8-17-14/h10-11,14,17H,2,4-9H2,1,3H3. The SMILES string of the molecule is [CH2]c1c(C)cc(OCCC2CCCCN2)cc1OC. The van der Waals surface area contributed by atoms with E-state index in [2.05, 4.69) is 12.2 Å². The molecule has 3 nitrogen and oxygen atoms in total. The second kappa shape index (κ2) is 6.80. The van der Waals surface area contributed by atoms with E-state index in [9.17, 15) is 0 Å². The molecular formula is C16H24NO2. The summed E-state index contributed by atoms with van der Waals surface area (Å²) in [5, 5.41) is 3.53. The molecule has 0 aliphatic carbocycles. The summed E-state index contributed by atoms with van der Waals surface area (Å²) in [6.07, 6.45) is 4.97. The largest absolute Gasteiger partial charge is 0.496 e. The van der Waals surface area contributed by atoms with E-state index in [-0.39, 0.29) is 0 Å². The lowest BCUT2D eigenvalue weighted by Crippen LogP contribution is -2.35. The van der Waals surface area contributed by atoms with Gasteiger partial charge in [0, 0.05) is 12.1 Å². The first-order valence-electron chi connectivity index (χ1n) is 7.07. The van der Waals surface area contributed by atoms with Crippen molar-refractivity contribution >= 4 is 0 Å². The van der Waals surface area contributed by atoms with Gasteiger partial charge in [0.1, 0.15) is 11.5 Å². The van der Waals surface area contributed by atoms with Crippen LogP contribution in [0.15, 0.2) is 12.1 Å². The highest BCUT2D eigenvalue weighted by atomic mass is 16.5. The summed E-state index contributed by atoms with van der Waals surface area (Å²) in [5.74, 6) is 1.67. The zero-order valence-electron chi connectivity index (χ0n) is 12.0. The van der Waals surface area contributed by atoms with E-state index in [1.54, 1.807) is 7.11 Å². The first kappa shape index (κ1) is 14.2. The Hall–Kier alpha value is -1.22. The fraction of sp³-hybridized carbons (Fsp3) is 0.562. The molecule has 1 aliphatic rings. The predicted octanol–water partition coefficient (Wildman–Crippen LogP) is 3.10. The topological polar surface area (TPSA) is 30.5 Å². The molecule has 105 valence electrons. The van der Waals surface area contributed by atoms with Crippen molar-refractivity contribution in [3.8, 4) is 11.5 Å². The van der Waals surface area contributed by atoms with Crippen molar-refractivity contribution in [2.45, 2.75) is 38.6 Å². The van der Waals surface area contributed by atoms with Crippen molar-refractivity contribution in [3.05, 3.63) is 30.2 Å². The number of piperidine rings is 1. The molecule has 1 radical (unpaired) electrons. The van der Waals surface area contributed by atoms with Gasteiger partial charge >= 0.3 is 0 Å². The van der Waals surface area contributed by atoms with Gasteiger partial charge in [0.2, 0.25) is 0 Å². The van der Waals surface area contributed by atoms with E-state index in [4.69, 9.17) is 9.47 Å². The average molecular weight is 262 g/mol. The summed E-state index contributed by atoms with van der Waals surface area (Å²) in [6.45, 7) is 7.92. The summed E-state index contributed by atoms with van der Waals surface area (Å²) in [7, 11) is 1.67. The molecule has 1 saturated heterocycles. The Morgan fingerprint density at radius 2 is 2.21 bits per heavy atom. The quantitative estimate of drug-likeness (QED) is 0.884. The minimum atomic E-state index is 0.615. The molecule has 0 aromatic heterocycles. The number of nitrogens with one attached hydrogen (secondary N) is 1. The van der Waals surface area contributed by atoms with Crippen molar-refractivity contribution in [3.63, 3.8) is 0 Å². The van der Waals surface area contributed by atoms with Crippen molar-refractivity contribution in [2.24, 2.45) is 0 Å². The second-order valence-corrected chi connectivity index (χ2v) is 5.20. The Labute approximate surface area is 116 Å². The number of rotatable bonds is 5. The van der Waals surface area contributed by atoms with Gasteiger partial charge in [0.05, 0.1) is 13.7 Å². The lowest BCUT2D eigenvalue weighted by molar-refractivity contribution is 0.267. The van der Waals surface area contributed by atoms with Crippen LogP contribution in [0.25, 0.3) is 0 Å². The fourth-order valence-corrected chi connectivity index (χ4v) is 2.51. The first-order valence-corrected chi connectivity index (χ1v) is 7.07. The number of ether oxygens (including phenoxy) is 2. The lowest BCUT2D eigenvalue weighted by atomic mass is 10.0. The van der Waals surface area contributed by atoms with Crippen LogP contribution < -0.4 is 14.8 Å². The Morgan fingerprint density at radius 3 is 2.89 bits per heavy atom. The maximum absolute atomic E-state index is 5.84. The van der Waals surface area contributed by atoms with Crippen molar-refractivity contribution in [1.82, 2.24) is 5.32 Å². The van der Waals surface area contributed by atoms with Gasteiger partial charge in [-0.1, -0.05) is 6.42 Å². The highest BCUT2D eigenvalue weighted by Gasteiger charge is 2.12. The molecular weight excluding hydrogens is 238 g/mol. The monoisotopic (exact) mass is 262 g/mol. The minimum Gasteiger partial charge on any atom is -0.496 e. The molecule has 1 aromatic carbocycles. The molecule has 0 bridgehead atoms. The van der Waals surface area contributed by atoms with Crippen molar-refractivity contribution < 1.29 is 9.47 Å². The van der Waals surface area contributed by atoms with Gasteiger partial charge in [-0.05, 0) is 56.8 Å². The smallest absolute Gasteiger partial charge is 0.126 e. The third kappa shape index (κ3) is 3.87. The Bertz CT molecular complexity index is 411. The summed E-state index contributed by atoms with van der Waals surface area (Å²) in [6, 6.07) is 4.56. The maximum atomic E-state index is 5.84. The van der Waals surface area contributed by atoms with E-state index in [1.165, 1.54) is 19.3 Å². The van der Waals surface area contributed by atoms with Crippen LogP contribution in [0.4, 0.5) is 0 Å². The lowest BCUT2D eigenvalue weighted by Gasteiger charge is -2.23. The minimum absolute atomic E-state index is 0.615. The second-order valence-electron chi connectivity index (χ2n) is 5.20. The van der Waals surface area contributed by atoms with Crippen molar-refractivity contribution in [1.29, 1.82) is 0 Å². The molecule has 1 fully saturated rings. The molecule has 19 heavy (non-hydrogen) atoms. The average Bonchev–Trinajstić information content (AvgIpc) is 2.43. The molecule has 1 aliphatic heterocycles. The number of hydrogen-bond donors (Lipinski definition) is 1. The predicted molar refractivity (Wildman–Crippen MR) is 77.9 cm³/mol. The third-order valence-corrected chi connectivity index (χ3v) is 3.77. The summed E-state index contributed by atoms with van der Waals surface area (Å²) >= 11 is 0. The zero-order valence-corrected chi connectivity index (χ0v) is 12.0. The summed E-state index contributed by atoms with van der Waals surface area (Å²) in [5.41, 5.74) is 2.04.